The van der Waals surface area contributed by atoms with Crippen molar-refractivity contribution in [3.63, 3.8) is 0 Å². The van der Waals surface area contributed by atoms with Crippen molar-refractivity contribution in [3.8, 4) is 0 Å². The lowest BCUT2D eigenvalue weighted by molar-refractivity contribution is -0.125. The summed E-state index contributed by atoms with van der Waals surface area (Å²) < 4.78 is 5.41. The van der Waals surface area contributed by atoms with Gasteiger partial charge in [0.1, 0.15) is 11.6 Å². The molecule has 0 radical (unpaired) electrons. The molecule has 7 nitrogen and oxygen atoms in total. The Labute approximate surface area is 173 Å². The van der Waals surface area contributed by atoms with Crippen LogP contribution >= 0.6 is 0 Å². The van der Waals surface area contributed by atoms with Crippen molar-refractivity contribution < 1.29 is 19.1 Å². The van der Waals surface area contributed by atoms with E-state index in [9.17, 15) is 14.4 Å². The van der Waals surface area contributed by atoms with E-state index in [1.54, 1.807) is 39.0 Å². The Morgan fingerprint density at radius 2 is 2.00 bits per heavy atom. The van der Waals surface area contributed by atoms with Crippen LogP contribution in [0.5, 0.6) is 0 Å². The molecule has 2 rings (SSSR count). The first-order valence-electron chi connectivity index (χ1n) is 10.3. The molecule has 1 aromatic carbocycles. The Kier molecular flexibility index (Phi) is 7.65. The first-order valence-corrected chi connectivity index (χ1v) is 10.3. The summed E-state index contributed by atoms with van der Waals surface area (Å²) in [7, 11) is 0. The van der Waals surface area contributed by atoms with Gasteiger partial charge in [0.2, 0.25) is 5.91 Å². The monoisotopic (exact) mass is 403 g/mol. The number of carbonyl (C=O) groups excluding carboxylic acids is 3. The molecule has 0 saturated carbocycles. The SMILES string of the molecule is CCC(C)NC(=O)c1cccc(CNC(=O)[C@@H]2CCCN2C(=O)OC(C)(C)C)c1. The highest BCUT2D eigenvalue weighted by Gasteiger charge is 2.36. The molecule has 1 heterocycles. The average Bonchev–Trinajstić information content (AvgIpc) is 3.15. The fraction of sp³-hybridized carbons (Fsp3) is 0.591. The lowest BCUT2D eigenvalue weighted by atomic mass is 10.1. The zero-order valence-electron chi connectivity index (χ0n) is 18.1. The van der Waals surface area contributed by atoms with Crippen LogP contribution in [0.15, 0.2) is 24.3 Å². The maximum Gasteiger partial charge on any atom is 0.410 e. The lowest BCUT2D eigenvalue weighted by Gasteiger charge is -2.28. The van der Waals surface area contributed by atoms with E-state index in [1.165, 1.54) is 4.90 Å². The molecule has 0 aliphatic carbocycles. The van der Waals surface area contributed by atoms with Crippen molar-refractivity contribution in [3.05, 3.63) is 35.4 Å². The summed E-state index contributed by atoms with van der Waals surface area (Å²) in [6, 6.07) is 6.77. The number of nitrogens with one attached hydrogen (secondary N) is 2. The quantitative estimate of drug-likeness (QED) is 0.763. The predicted octanol–water partition coefficient (Wildman–Crippen LogP) is 3.23. The number of hydrogen-bond donors (Lipinski definition) is 2. The number of likely N-dealkylation sites (tertiary alicyclic amines) is 1. The second kappa shape index (κ2) is 9.76. The van der Waals surface area contributed by atoms with Gasteiger partial charge >= 0.3 is 6.09 Å². The summed E-state index contributed by atoms with van der Waals surface area (Å²) in [5, 5.41) is 5.82. The van der Waals surface area contributed by atoms with Crippen molar-refractivity contribution in [2.75, 3.05) is 6.54 Å². The highest BCUT2D eigenvalue weighted by molar-refractivity contribution is 5.94. The molecule has 29 heavy (non-hydrogen) atoms. The number of benzene rings is 1. The van der Waals surface area contributed by atoms with Crippen LogP contribution in [-0.2, 0) is 16.1 Å². The van der Waals surface area contributed by atoms with Gasteiger partial charge in [-0.1, -0.05) is 19.1 Å². The fourth-order valence-electron chi connectivity index (χ4n) is 3.12. The van der Waals surface area contributed by atoms with Gasteiger partial charge in [-0.3, -0.25) is 14.5 Å². The van der Waals surface area contributed by atoms with Gasteiger partial charge in [0, 0.05) is 24.7 Å². The van der Waals surface area contributed by atoms with Gasteiger partial charge in [0.15, 0.2) is 0 Å². The third-order valence-corrected chi connectivity index (χ3v) is 4.83. The number of hydrogen-bond acceptors (Lipinski definition) is 4. The van der Waals surface area contributed by atoms with Crippen LogP contribution in [0.1, 0.15) is 69.8 Å². The van der Waals surface area contributed by atoms with Gasteiger partial charge in [0.25, 0.3) is 5.91 Å². The molecule has 0 spiro atoms. The molecule has 1 saturated heterocycles. The van der Waals surface area contributed by atoms with Gasteiger partial charge in [-0.25, -0.2) is 4.79 Å². The minimum Gasteiger partial charge on any atom is -0.444 e. The second-order valence-corrected chi connectivity index (χ2v) is 8.53. The molecule has 1 aliphatic rings. The average molecular weight is 404 g/mol. The zero-order chi connectivity index (χ0) is 21.6. The molecule has 160 valence electrons. The summed E-state index contributed by atoms with van der Waals surface area (Å²) in [6.07, 6.45) is 1.78. The van der Waals surface area contributed by atoms with E-state index in [2.05, 4.69) is 10.6 Å². The molecular weight excluding hydrogens is 370 g/mol. The van der Waals surface area contributed by atoms with Crippen LogP contribution in [0.25, 0.3) is 0 Å². The Morgan fingerprint density at radius 1 is 1.28 bits per heavy atom. The number of rotatable bonds is 6. The molecule has 0 aromatic heterocycles. The molecule has 1 aliphatic heterocycles. The molecule has 7 heteroatoms. The van der Waals surface area contributed by atoms with Crippen molar-refractivity contribution in [1.82, 2.24) is 15.5 Å². The largest absolute Gasteiger partial charge is 0.444 e. The van der Waals surface area contributed by atoms with Crippen molar-refractivity contribution >= 4 is 17.9 Å². The molecule has 1 unspecified atom stereocenters. The molecular formula is C22H33N3O4. The van der Waals surface area contributed by atoms with Crippen molar-refractivity contribution in [2.24, 2.45) is 0 Å². The molecule has 2 atom stereocenters. The molecule has 1 fully saturated rings. The fourth-order valence-corrected chi connectivity index (χ4v) is 3.12. The van der Waals surface area contributed by atoms with E-state index >= 15 is 0 Å². The smallest absolute Gasteiger partial charge is 0.410 e. The summed E-state index contributed by atoms with van der Waals surface area (Å²) in [4.78, 5) is 38.8. The molecule has 1 aromatic rings. The van der Waals surface area contributed by atoms with Crippen molar-refractivity contribution in [2.45, 2.75) is 78.1 Å². The van der Waals surface area contributed by atoms with Crippen LogP contribution in [0.2, 0.25) is 0 Å². The molecule has 3 amide bonds. The van der Waals surface area contributed by atoms with Gasteiger partial charge in [0.05, 0.1) is 0 Å². The van der Waals surface area contributed by atoms with E-state index < -0.39 is 17.7 Å². The Bertz CT molecular complexity index is 742. The number of amides is 3. The highest BCUT2D eigenvalue weighted by atomic mass is 16.6. The second-order valence-electron chi connectivity index (χ2n) is 8.53. The third-order valence-electron chi connectivity index (χ3n) is 4.83. The lowest BCUT2D eigenvalue weighted by Crippen LogP contribution is -2.47. The van der Waals surface area contributed by atoms with E-state index in [1.807, 2.05) is 19.9 Å². The standard InChI is InChI=1S/C22H33N3O4/c1-6-15(2)24-19(26)17-10-7-9-16(13-17)14-23-20(27)18-11-8-12-25(18)21(28)29-22(3,4)5/h7,9-10,13,15,18H,6,8,11-12,14H2,1-5H3,(H,23,27)(H,24,26)/t15?,18-/m0/s1. The van der Waals surface area contributed by atoms with E-state index in [-0.39, 0.29) is 17.9 Å². The number of carbonyl (C=O) groups is 3. The van der Waals surface area contributed by atoms with E-state index in [4.69, 9.17) is 4.74 Å². The number of ether oxygens (including phenoxy) is 1. The summed E-state index contributed by atoms with van der Waals surface area (Å²) in [6.45, 7) is 10.2. The Morgan fingerprint density at radius 3 is 2.66 bits per heavy atom. The van der Waals surface area contributed by atoms with Gasteiger partial charge < -0.3 is 15.4 Å². The maximum absolute atomic E-state index is 12.7. The van der Waals surface area contributed by atoms with Gasteiger partial charge in [-0.15, -0.1) is 0 Å². The molecule has 2 N–H and O–H groups in total. The van der Waals surface area contributed by atoms with Gasteiger partial charge in [-0.2, -0.15) is 0 Å². The van der Waals surface area contributed by atoms with Crippen LogP contribution in [0.4, 0.5) is 4.79 Å². The predicted molar refractivity (Wildman–Crippen MR) is 111 cm³/mol. The highest BCUT2D eigenvalue weighted by Crippen LogP contribution is 2.21. The summed E-state index contributed by atoms with van der Waals surface area (Å²) in [5.41, 5.74) is 0.794. The van der Waals surface area contributed by atoms with Crippen LogP contribution in [0.3, 0.4) is 0 Å². The van der Waals surface area contributed by atoms with Gasteiger partial charge in [-0.05, 0) is 64.7 Å². The third kappa shape index (κ3) is 6.76. The molecule has 0 bridgehead atoms. The minimum atomic E-state index is -0.600. The number of nitrogens with zero attached hydrogens (tertiary/aromatic N) is 1. The first kappa shape index (κ1) is 22.7. The zero-order valence-corrected chi connectivity index (χ0v) is 18.1. The van der Waals surface area contributed by atoms with Crippen LogP contribution < -0.4 is 10.6 Å². The summed E-state index contributed by atoms with van der Waals surface area (Å²) >= 11 is 0. The maximum atomic E-state index is 12.7. The first-order chi connectivity index (χ1) is 13.6. The van der Waals surface area contributed by atoms with Crippen LogP contribution in [0, 0.1) is 0 Å². The normalized spacial score (nSPS) is 17.6. The summed E-state index contributed by atoms with van der Waals surface area (Å²) in [5.74, 6) is -0.331. The Hall–Kier alpha value is -2.57. The Balaban J connectivity index is 1.95. The topological polar surface area (TPSA) is 87.7 Å². The van der Waals surface area contributed by atoms with Crippen LogP contribution in [-0.4, -0.2) is 47.0 Å². The minimum absolute atomic E-state index is 0.104. The van der Waals surface area contributed by atoms with Crippen molar-refractivity contribution in [1.29, 1.82) is 0 Å². The van der Waals surface area contributed by atoms with E-state index in [0.29, 0.717) is 25.1 Å². The van der Waals surface area contributed by atoms with E-state index in [0.717, 1.165) is 18.4 Å².